The van der Waals surface area contributed by atoms with Crippen LogP contribution in [0.25, 0.3) is 0 Å². The Balaban J connectivity index is 3.09. The van der Waals surface area contributed by atoms with Crippen LogP contribution in [0.5, 0.6) is 0 Å². The first-order valence-electron chi connectivity index (χ1n) is 6.00. The number of hydrogen-bond donors (Lipinski definition) is 1. The van der Waals surface area contributed by atoms with E-state index in [2.05, 4.69) is 5.32 Å². The normalized spacial score (nSPS) is 11.4. The first kappa shape index (κ1) is 13.7. The van der Waals surface area contributed by atoms with Crippen LogP contribution in [0.15, 0.2) is 24.3 Å². The van der Waals surface area contributed by atoms with Crippen LogP contribution < -0.4 is 10.2 Å². The number of benzene rings is 1. The van der Waals surface area contributed by atoms with Crippen molar-refractivity contribution in [3.05, 3.63) is 29.8 Å². The number of carbonyl (C=O) groups excluding carboxylic acids is 1. The Bertz CT molecular complexity index is 399. The lowest BCUT2D eigenvalue weighted by Gasteiger charge is -2.31. The van der Waals surface area contributed by atoms with Crippen molar-refractivity contribution in [3.63, 3.8) is 0 Å². The van der Waals surface area contributed by atoms with E-state index in [1.165, 1.54) is 0 Å². The average molecular weight is 234 g/mol. The highest BCUT2D eigenvalue weighted by atomic mass is 16.2. The Labute approximate surface area is 104 Å². The smallest absolute Gasteiger partial charge is 0.246 e. The Morgan fingerprint density at radius 2 is 1.94 bits per heavy atom. The maximum absolute atomic E-state index is 12.4. The van der Waals surface area contributed by atoms with Gasteiger partial charge in [0.25, 0.3) is 0 Å². The molecule has 1 aromatic rings. The number of likely N-dealkylation sites (N-methyl/N-ethyl adjacent to an activating group) is 2. The van der Waals surface area contributed by atoms with Crippen LogP contribution in [0.2, 0.25) is 0 Å². The van der Waals surface area contributed by atoms with E-state index in [1.807, 2.05) is 63.9 Å². The van der Waals surface area contributed by atoms with Crippen LogP contribution in [0.3, 0.4) is 0 Å². The minimum Gasteiger partial charge on any atom is -0.311 e. The van der Waals surface area contributed by atoms with E-state index < -0.39 is 5.54 Å². The molecule has 0 aliphatic rings. The SMILES string of the molecule is CCN(C(=O)C(C)(C)NC)c1ccccc1C. The second kappa shape index (κ2) is 5.32. The zero-order chi connectivity index (χ0) is 13.1. The third-order valence-electron chi connectivity index (χ3n) is 3.13. The predicted molar refractivity (Wildman–Crippen MR) is 72.3 cm³/mol. The monoisotopic (exact) mass is 234 g/mol. The molecular weight excluding hydrogens is 212 g/mol. The van der Waals surface area contributed by atoms with Gasteiger partial charge in [-0.25, -0.2) is 0 Å². The molecule has 0 aliphatic carbocycles. The van der Waals surface area contributed by atoms with E-state index in [4.69, 9.17) is 0 Å². The molecule has 1 amide bonds. The molecule has 0 atom stereocenters. The maximum atomic E-state index is 12.4. The molecule has 1 aromatic carbocycles. The van der Waals surface area contributed by atoms with Crippen molar-refractivity contribution in [2.75, 3.05) is 18.5 Å². The van der Waals surface area contributed by atoms with Crippen molar-refractivity contribution in [1.82, 2.24) is 5.32 Å². The fourth-order valence-electron chi connectivity index (χ4n) is 1.73. The molecular formula is C14H22N2O. The quantitative estimate of drug-likeness (QED) is 0.867. The number of rotatable bonds is 4. The first-order valence-corrected chi connectivity index (χ1v) is 6.00. The van der Waals surface area contributed by atoms with Crippen LogP contribution in [0.1, 0.15) is 26.3 Å². The van der Waals surface area contributed by atoms with Crippen molar-refractivity contribution in [3.8, 4) is 0 Å². The van der Waals surface area contributed by atoms with E-state index in [1.54, 1.807) is 0 Å². The summed E-state index contributed by atoms with van der Waals surface area (Å²) < 4.78 is 0. The van der Waals surface area contributed by atoms with E-state index in [0.29, 0.717) is 6.54 Å². The summed E-state index contributed by atoms with van der Waals surface area (Å²) in [5, 5.41) is 3.05. The Kier molecular flexibility index (Phi) is 4.29. The topological polar surface area (TPSA) is 32.3 Å². The molecule has 0 aliphatic heterocycles. The average Bonchev–Trinajstić information content (AvgIpc) is 2.32. The van der Waals surface area contributed by atoms with Crippen LogP contribution in [0, 0.1) is 6.92 Å². The van der Waals surface area contributed by atoms with Gasteiger partial charge in [0, 0.05) is 12.2 Å². The number of anilines is 1. The summed E-state index contributed by atoms with van der Waals surface area (Å²) in [6, 6.07) is 7.96. The molecule has 0 fully saturated rings. The zero-order valence-corrected chi connectivity index (χ0v) is 11.4. The summed E-state index contributed by atoms with van der Waals surface area (Å²) in [7, 11) is 1.81. The van der Waals surface area contributed by atoms with Crippen molar-refractivity contribution in [1.29, 1.82) is 0 Å². The first-order chi connectivity index (χ1) is 7.94. The van der Waals surface area contributed by atoms with Gasteiger partial charge in [-0.2, -0.15) is 0 Å². The summed E-state index contributed by atoms with van der Waals surface area (Å²) >= 11 is 0. The fourth-order valence-corrected chi connectivity index (χ4v) is 1.73. The molecule has 0 saturated heterocycles. The third kappa shape index (κ3) is 2.86. The van der Waals surface area contributed by atoms with Gasteiger partial charge in [0.1, 0.15) is 0 Å². The molecule has 94 valence electrons. The lowest BCUT2D eigenvalue weighted by Crippen LogP contribution is -2.53. The Morgan fingerprint density at radius 1 is 1.35 bits per heavy atom. The molecule has 1 rings (SSSR count). The third-order valence-corrected chi connectivity index (χ3v) is 3.13. The predicted octanol–water partition coefficient (Wildman–Crippen LogP) is 2.35. The lowest BCUT2D eigenvalue weighted by atomic mass is 10.0. The summed E-state index contributed by atoms with van der Waals surface area (Å²) in [6.45, 7) is 8.50. The van der Waals surface area contributed by atoms with Crippen LogP contribution in [0.4, 0.5) is 5.69 Å². The fraction of sp³-hybridized carbons (Fsp3) is 0.500. The van der Waals surface area contributed by atoms with E-state index in [-0.39, 0.29) is 5.91 Å². The number of amides is 1. The standard InChI is InChI=1S/C14H22N2O/c1-6-16(13(17)14(3,4)15-5)12-10-8-7-9-11(12)2/h7-10,15H,6H2,1-5H3. The number of carbonyl (C=O) groups is 1. The van der Waals surface area contributed by atoms with Gasteiger partial charge >= 0.3 is 0 Å². The summed E-state index contributed by atoms with van der Waals surface area (Å²) in [5.74, 6) is 0.0943. The number of nitrogens with one attached hydrogen (secondary N) is 1. The molecule has 0 spiro atoms. The van der Waals surface area contributed by atoms with Gasteiger partial charge in [-0.15, -0.1) is 0 Å². The van der Waals surface area contributed by atoms with Crippen molar-refractivity contribution >= 4 is 11.6 Å². The number of nitrogens with zero attached hydrogens (tertiary/aromatic N) is 1. The molecule has 0 saturated carbocycles. The van der Waals surface area contributed by atoms with Gasteiger partial charge in [-0.05, 0) is 46.4 Å². The molecule has 17 heavy (non-hydrogen) atoms. The van der Waals surface area contributed by atoms with Crippen molar-refractivity contribution < 1.29 is 4.79 Å². The molecule has 0 bridgehead atoms. The molecule has 0 aromatic heterocycles. The van der Waals surface area contributed by atoms with E-state index in [0.717, 1.165) is 11.3 Å². The minimum atomic E-state index is -0.543. The lowest BCUT2D eigenvalue weighted by molar-refractivity contribution is -0.123. The summed E-state index contributed by atoms with van der Waals surface area (Å²) in [5.41, 5.74) is 1.57. The highest BCUT2D eigenvalue weighted by Gasteiger charge is 2.30. The number of hydrogen-bond acceptors (Lipinski definition) is 2. The number of para-hydroxylation sites is 1. The molecule has 0 unspecified atom stereocenters. The van der Waals surface area contributed by atoms with Gasteiger partial charge in [0.2, 0.25) is 5.91 Å². The molecule has 3 heteroatoms. The van der Waals surface area contributed by atoms with Crippen LogP contribution in [-0.4, -0.2) is 25.0 Å². The van der Waals surface area contributed by atoms with Crippen LogP contribution >= 0.6 is 0 Å². The second-order valence-corrected chi connectivity index (χ2v) is 4.71. The second-order valence-electron chi connectivity index (χ2n) is 4.71. The molecule has 3 nitrogen and oxygen atoms in total. The van der Waals surface area contributed by atoms with E-state index in [9.17, 15) is 4.79 Å². The summed E-state index contributed by atoms with van der Waals surface area (Å²) in [4.78, 5) is 14.3. The highest BCUT2D eigenvalue weighted by molar-refractivity contribution is 6.00. The maximum Gasteiger partial charge on any atom is 0.246 e. The largest absolute Gasteiger partial charge is 0.311 e. The summed E-state index contributed by atoms with van der Waals surface area (Å²) in [6.07, 6.45) is 0. The van der Waals surface area contributed by atoms with Gasteiger partial charge in [-0.3, -0.25) is 4.79 Å². The highest BCUT2D eigenvalue weighted by Crippen LogP contribution is 2.22. The Hall–Kier alpha value is -1.35. The molecule has 0 heterocycles. The molecule has 0 radical (unpaired) electrons. The molecule has 1 N–H and O–H groups in total. The van der Waals surface area contributed by atoms with Gasteiger partial charge in [-0.1, -0.05) is 18.2 Å². The van der Waals surface area contributed by atoms with Crippen molar-refractivity contribution in [2.45, 2.75) is 33.2 Å². The van der Waals surface area contributed by atoms with Gasteiger partial charge < -0.3 is 10.2 Å². The van der Waals surface area contributed by atoms with E-state index >= 15 is 0 Å². The minimum absolute atomic E-state index is 0.0943. The Morgan fingerprint density at radius 3 is 2.41 bits per heavy atom. The van der Waals surface area contributed by atoms with Gasteiger partial charge in [0.15, 0.2) is 0 Å². The van der Waals surface area contributed by atoms with Crippen molar-refractivity contribution in [2.24, 2.45) is 0 Å². The number of aryl methyl sites for hydroxylation is 1. The van der Waals surface area contributed by atoms with Gasteiger partial charge in [0.05, 0.1) is 5.54 Å². The zero-order valence-electron chi connectivity index (χ0n) is 11.4. The van der Waals surface area contributed by atoms with Crippen LogP contribution in [-0.2, 0) is 4.79 Å².